The summed E-state index contributed by atoms with van der Waals surface area (Å²) < 4.78 is 5.64. The standard InChI is InChI=1S/C20H21N3O2/c1-13-8-14(2)20(15(3)9-13)25-12-19(24)23-22-11-16-4-5-17-6-7-21-18(17)10-16/h4-11,21H,12H2,1-3H3,(H,23,24)/b22-11+. The van der Waals surface area contributed by atoms with E-state index in [0.717, 1.165) is 33.3 Å². The molecule has 0 bridgehead atoms. The molecule has 1 amide bonds. The van der Waals surface area contributed by atoms with Crippen molar-refractivity contribution in [3.63, 3.8) is 0 Å². The average molecular weight is 335 g/mol. The van der Waals surface area contributed by atoms with Crippen LogP contribution in [0.15, 0.2) is 47.7 Å². The molecule has 0 atom stereocenters. The fourth-order valence-electron chi connectivity index (χ4n) is 2.89. The van der Waals surface area contributed by atoms with Gasteiger partial charge < -0.3 is 9.72 Å². The van der Waals surface area contributed by atoms with Crippen molar-refractivity contribution in [2.75, 3.05) is 6.61 Å². The van der Waals surface area contributed by atoms with Gasteiger partial charge in [0, 0.05) is 11.7 Å². The highest BCUT2D eigenvalue weighted by Gasteiger charge is 2.07. The smallest absolute Gasteiger partial charge is 0.277 e. The number of hydrogen-bond donors (Lipinski definition) is 2. The van der Waals surface area contributed by atoms with Gasteiger partial charge >= 0.3 is 0 Å². The zero-order valence-electron chi connectivity index (χ0n) is 14.6. The van der Waals surface area contributed by atoms with Gasteiger partial charge in [-0.05, 0) is 55.0 Å². The minimum absolute atomic E-state index is 0.0717. The van der Waals surface area contributed by atoms with Crippen LogP contribution < -0.4 is 10.2 Å². The van der Waals surface area contributed by atoms with Gasteiger partial charge in [-0.1, -0.05) is 29.8 Å². The number of carbonyl (C=O) groups excluding carboxylic acids is 1. The van der Waals surface area contributed by atoms with E-state index in [2.05, 4.69) is 15.5 Å². The van der Waals surface area contributed by atoms with E-state index >= 15 is 0 Å². The molecule has 3 aromatic rings. The van der Waals surface area contributed by atoms with Gasteiger partial charge in [-0.25, -0.2) is 5.43 Å². The van der Waals surface area contributed by atoms with Crippen LogP contribution in [0.25, 0.3) is 10.9 Å². The molecule has 0 unspecified atom stereocenters. The summed E-state index contributed by atoms with van der Waals surface area (Å²) in [6, 6.07) is 12.0. The Bertz CT molecular complexity index is 918. The molecule has 3 rings (SSSR count). The predicted octanol–water partition coefficient (Wildman–Crippen LogP) is 3.62. The van der Waals surface area contributed by atoms with E-state index < -0.39 is 0 Å². The lowest BCUT2D eigenvalue weighted by Crippen LogP contribution is -2.25. The van der Waals surface area contributed by atoms with Crippen molar-refractivity contribution >= 4 is 23.0 Å². The van der Waals surface area contributed by atoms with Gasteiger partial charge in [-0.15, -0.1) is 0 Å². The molecule has 25 heavy (non-hydrogen) atoms. The molecule has 1 aromatic heterocycles. The van der Waals surface area contributed by atoms with Crippen molar-refractivity contribution < 1.29 is 9.53 Å². The Hall–Kier alpha value is -3.08. The molecule has 2 N–H and O–H groups in total. The number of hydrogen-bond acceptors (Lipinski definition) is 3. The number of H-pyrrole nitrogens is 1. The lowest BCUT2D eigenvalue weighted by atomic mass is 10.1. The van der Waals surface area contributed by atoms with E-state index in [0.29, 0.717) is 0 Å². The van der Waals surface area contributed by atoms with Gasteiger partial charge in [0.1, 0.15) is 5.75 Å². The minimum atomic E-state index is -0.295. The largest absolute Gasteiger partial charge is 0.483 e. The van der Waals surface area contributed by atoms with E-state index in [1.807, 2.05) is 63.4 Å². The van der Waals surface area contributed by atoms with Gasteiger partial charge in [0.05, 0.1) is 6.21 Å². The second-order valence-electron chi connectivity index (χ2n) is 6.13. The van der Waals surface area contributed by atoms with Crippen LogP contribution in [0, 0.1) is 20.8 Å². The first-order valence-corrected chi connectivity index (χ1v) is 8.12. The zero-order chi connectivity index (χ0) is 17.8. The third kappa shape index (κ3) is 4.07. The maximum Gasteiger partial charge on any atom is 0.277 e. The number of aryl methyl sites for hydroxylation is 3. The summed E-state index contributed by atoms with van der Waals surface area (Å²) in [4.78, 5) is 15.1. The van der Waals surface area contributed by atoms with Crippen molar-refractivity contribution in [1.29, 1.82) is 0 Å². The molecule has 5 heteroatoms. The number of rotatable bonds is 5. The number of nitrogens with zero attached hydrogens (tertiary/aromatic N) is 1. The second-order valence-corrected chi connectivity index (χ2v) is 6.13. The molecule has 0 saturated carbocycles. The highest BCUT2D eigenvalue weighted by molar-refractivity contribution is 5.89. The van der Waals surface area contributed by atoms with Crippen LogP contribution >= 0.6 is 0 Å². The Morgan fingerprint density at radius 1 is 1.16 bits per heavy atom. The Morgan fingerprint density at radius 3 is 2.68 bits per heavy atom. The molecule has 0 radical (unpaired) electrons. The average Bonchev–Trinajstić information content (AvgIpc) is 3.01. The molecule has 0 aliphatic carbocycles. The molecule has 0 aliphatic rings. The van der Waals surface area contributed by atoms with Gasteiger partial charge in [0.25, 0.3) is 5.91 Å². The highest BCUT2D eigenvalue weighted by atomic mass is 16.5. The van der Waals surface area contributed by atoms with Crippen molar-refractivity contribution in [1.82, 2.24) is 10.4 Å². The minimum Gasteiger partial charge on any atom is -0.483 e. The van der Waals surface area contributed by atoms with Crippen LogP contribution in [0.4, 0.5) is 0 Å². The summed E-state index contributed by atoms with van der Waals surface area (Å²) in [5.74, 6) is 0.457. The number of aromatic nitrogens is 1. The van der Waals surface area contributed by atoms with E-state index in [-0.39, 0.29) is 12.5 Å². The van der Waals surface area contributed by atoms with Gasteiger partial charge in [0.2, 0.25) is 0 Å². The summed E-state index contributed by atoms with van der Waals surface area (Å²) >= 11 is 0. The van der Waals surface area contributed by atoms with E-state index in [4.69, 9.17) is 4.74 Å². The summed E-state index contributed by atoms with van der Waals surface area (Å²) in [6.07, 6.45) is 3.50. The number of ether oxygens (including phenoxy) is 1. The molecule has 5 nitrogen and oxygen atoms in total. The number of nitrogens with one attached hydrogen (secondary N) is 2. The summed E-state index contributed by atoms with van der Waals surface area (Å²) in [7, 11) is 0. The lowest BCUT2D eigenvalue weighted by molar-refractivity contribution is -0.123. The zero-order valence-corrected chi connectivity index (χ0v) is 14.6. The van der Waals surface area contributed by atoms with Gasteiger partial charge in [-0.2, -0.15) is 5.10 Å². The van der Waals surface area contributed by atoms with Crippen molar-refractivity contribution in [2.45, 2.75) is 20.8 Å². The third-order valence-corrected chi connectivity index (χ3v) is 3.93. The number of hydrazone groups is 1. The molecule has 0 fully saturated rings. The van der Waals surface area contributed by atoms with Crippen molar-refractivity contribution in [3.8, 4) is 5.75 Å². The SMILES string of the molecule is Cc1cc(C)c(OCC(=O)N/N=C/c2ccc3cc[nH]c3c2)c(C)c1. The Morgan fingerprint density at radius 2 is 1.92 bits per heavy atom. The van der Waals surface area contributed by atoms with Crippen LogP contribution in [-0.2, 0) is 4.79 Å². The fourth-order valence-corrected chi connectivity index (χ4v) is 2.89. The molecule has 128 valence electrons. The predicted molar refractivity (Wildman–Crippen MR) is 100 cm³/mol. The van der Waals surface area contributed by atoms with Gasteiger partial charge in [0.15, 0.2) is 6.61 Å². The quantitative estimate of drug-likeness (QED) is 0.552. The van der Waals surface area contributed by atoms with Crippen molar-refractivity contribution in [2.24, 2.45) is 5.10 Å². The molecule has 0 saturated heterocycles. The Balaban J connectivity index is 1.56. The number of benzene rings is 2. The molecular formula is C20H21N3O2. The number of carbonyl (C=O) groups is 1. The lowest BCUT2D eigenvalue weighted by Gasteiger charge is -2.12. The van der Waals surface area contributed by atoms with E-state index in [1.165, 1.54) is 5.56 Å². The van der Waals surface area contributed by atoms with Crippen LogP contribution in [0.5, 0.6) is 5.75 Å². The first-order chi connectivity index (χ1) is 12.0. The number of amides is 1. The van der Waals surface area contributed by atoms with E-state index in [1.54, 1.807) is 6.21 Å². The molecule has 0 aliphatic heterocycles. The topological polar surface area (TPSA) is 66.5 Å². The molecule has 1 heterocycles. The van der Waals surface area contributed by atoms with Gasteiger partial charge in [-0.3, -0.25) is 4.79 Å². The molecule has 0 spiro atoms. The van der Waals surface area contributed by atoms with Crippen LogP contribution in [-0.4, -0.2) is 23.7 Å². The fraction of sp³-hybridized carbons (Fsp3) is 0.200. The Kier molecular flexibility index (Phi) is 4.84. The first-order valence-electron chi connectivity index (χ1n) is 8.12. The summed E-state index contributed by atoms with van der Waals surface area (Å²) in [6.45, 7) is 5.91. The monoisotopic (exact) mass is 335 g/mol. The molecular weight excluding hydrogens is 314 g/mol. The second kappa shape index (κ2) is 7.21. The van der Waals surface area contributed by atoms with Crippen LogP contribution in [0.3, 0.4) is 0 Å². The normalized spacial score (nSPS) is 11.2. The van der Waals surface area contributed by atoms with Crippen molar-refractivity contribution in [3.05, 3.63) is 64.8 Å². The summed E-state index contributed by atoms with van der Waals surface area (Å²) in [5.41, 5.74) is 7.64. The number of fused-ring (bicyclic) bond motifs is 1. The van der Waals surface area contributed by atoms with E-state index in [9.17, 15) is 4.79 Å². The third-order valence-electron chi connectivity index (χ3n) is 3.93. The van der Waals surface area contributed by atoms with Crippen LogP contribution in [0.1, 0.15) is 22.3 Å². The highest BCUT2D eigenvalue weighted by Crippen LogP contribution is 2.24. The first kappa shape index (κ1) is 16.8. The Labute approximate surface area is 146 Å². The number of aromatic amines is 1. The van der Waals surface area contributed by atoms with Crippen LogP contribution in [0.2, 0.25) is 0 Å². The molecule has 2 aromatic carbocycles. The maximum atomic E-state index is 11.9. The maximum absolute atomic E-state index is 11.9. The summed E-state index contributed by atoms with van der Waals surface area (Å²) in [5, 5.41) is 5.12.